The fourth-order valence-electron chi connectivity index (χ4n) is 6.21. The number of fused-ring (bicyclic) bond motifs is 2. The number of benzene rings is 2. The molecule has 1 N–H and O–H groups in total. The first-order valence-electron chi connectivity index (χ1n) is 13.7. The van der Waals surface area contributed by atoms with Crippen molar-refractivity contribution >= 4 is 22.9 Å². The molecule has 3 aliphatic rings. The van der Waals surface area contributed by atoms with Gasteiger partial charge in [0.05, 0.1) is 16.6 Å². The lowest BCUT2D eigenvalue weighted by Gasteiger charge is -2.29. The van der Waals surface area contributed by atoms with Crippen molar-refractivity contribution in [2.45, 2.75) is 71.6 Å². The Morgan fingerprint density at radius 1 is 0.892 bits per heavy atom. The summed E-state index contributed by atoms with van der Waals surface area (Å²) in [6.07, 6.45) is 7.02. The first-order chi connectivity index (χ1) is 17.6. The molecule has 0 spiro atoms. The molecule has 0 saturated carbocycles. The van der Waals surface area contributed by atoms with Crippen LogP contribution in [-0.4, -0.2) is 34.3 Å². The van der Waals surface area contributed by atoms with Gasteiger partial charge in [-0.15, -0.1) is 0 Å². The van der Waals surface area contributed by atoms with E-state index in [4.69, 9.17) is 0 Å². The molecule has 0 fully saturated rings. The zero-order valence-electron chi connectivity index (χ0n) is 23.1. The third-order valence-electron chi connectivity index (χ3n) is 8.34. The monoisotopic (exact) mass is 495 g/mol. The minimum atomic E-state index is -0.251. The van der Waals surface area contributed by atoms with Gasteiger partial charge in [-0.2, -0.15) is 4.58 Å². The molecule has 0 aromatic heterocycles. The lowest BCUT2D eigenvalue weighted by Crippen LogP contribution is -2.32. The molecular weight excluding hydrogens is 456 g/mol. The van der Waals surface area contributed by atoms with E-state index in [-0.39, 0.29) is 22.4 Å². The van der Waals surface area contributed by atoms with Crippen LogP contribution < -0.4 is 4.90 Å². The highest BCUT2D eigenvalue weighted by molar-refractivity contribution is 6.24. The molecule has 2 aromatic carbocycles. The molecule has 0 saturated heterocycles. The van der Waals surface area contributed by atoms with Crippen molar-refractivity contribution in [1.82, 2.24) is 0 Å². The van der Waals surface area contributed by atoms with E-state index in [2.05, 4.69) is 99.5 Å². The normalized spacial score (nSPS) is 21.7. The second-order valence-electron chi connectivity index (χ2n) is 11.5. The van der Waals surface area contributed by atoms with Crippen LogP contribution in [0, 0.1) is 0 Å². The quantitative estimate of drug-likeness (QED) is 0.324. The van der Waals surface area contributed by atoms with E-state index in [1.54, 1.807) is 0 Å². The zero-order chi connectivity index (χ0) is 26.5. The number of hydrogen-bond acceptors (Lipinski definition) is 3. The SMILES string of the molecule is CCCCN1/C(=C/C2=C(O)C(=C/C3=[N+](CCC)c4ccccc4C3(C)C)/C2=O)C(C)(C)c2ccccc21. The van der Waals surface area contributed by atoms with Crippen LogP contribution in [0.25, 0.3) is 0 Å². The van der Waals surface area contributed by atoms with Crippen LogP contribution in [0.4, 0.5) is 11.4 Å². The number of aliphatic hydroxyl groups excluding tert-OH is 1. The number of para-hydroxylation sites is 2. The number of ketones is 1. The van der Waals surface area contributed by atoms with Gasteiger partial charge in [0.2, 0.25) is 11.5 Å². The summed E-state index contributed by atoms with van der Waals surface area (Å²) < 4.78 is 2.31. The highest BCUT2D eigenvalue weighted by Gasteiger charge is 2.47. The molecule has 2 heterocycles. The Balaban J connectivity index is 1.57. The van der Waals surface area contributed by atoms with Gasteiger partial charge in [-0.1, -0.05) is 70.5 Å². The Kier molecular flexibility index (Phi) is 6.26. The summed E-state index contributed by atoms with van der Waals surface area (Å²) in [5, 5.41) is 11.2. The number of aliphatic hydroxyl groups is 1. The molecule has 0 unspecified atom stereocenters. The smallest absolute Gasteiger partial charge is 0.209 e. The van der Waals surface area contributed by atoms with Gasteiger partial charge in [0.25, 0.3) is 0 Å². The number of Topliss-reactive ketones (excluding diaryl/α,β-unsaturated/α-hetero) is 1. The van der Waals surface area contributed by atoms with Crippen LogP contribution in [-0.2, 0) is 15.6 Å². The van der Waals surface area contributed by atoms with E-state index < -0.39 is 0 Å². The molecule has 0 amide bonds. The van der Waals surface area contributed by atoms with Crippen molar-refractivity contribution in [2.24, 2.45) is 0 Å². The number of carbonyl (C=O) groups excluding carboxylic acids is 1. The molecule has 1 aliphatic carbocycles. The fraction of sp³-hybridized carbons (Fsp3) is 0.394. The highest BCUT2D eigenvalue weighted by Crippen LogP contribution is 2.49. The highest BCUT2D eigenvalue weighted by atomic mass is 16.3. The summed E-state index contributed by atoms with van der Waals surface area (Å²) in [5.74, 6) is 0.0262. The molecule has 5 rings (SSSR count). The van der Waals surface area contributed by atoms with Crippen molar-refractivity contribution < 1.29 is 14.5 Å². The van der Waals surface area contributed by atoms with E-state index in [1.807, 2.05) is 12.2 Å². The van der Waals surface area contributed by atoms with Crippen molar-refractivity contribution in [3.8, 4) is 0 Å². The molecule has 37 heavy (non-hydrogen) atoms. The minimum absolute atomic E-state index is 0.0806. The van der Waals surface area contributed by atoms with Gasteiger partial charge in [0.1, 0.15) is 12.3 Å². The molecule has 0 bridgehead atoms. The van der Waals surface area contributed by atoms with E-state index >= 15 is 0 Å². The van der Waals surface area contributed by atoms with Crippen molar-refractivity contribution in [3.63, 3.8) is 0 Å². The number of hydrogen-bond donors (Lipinski definition) is 1. The maximum absolute atomic E-state index is 13.5. The molecule has 2 aromatic rings. The number of anilines is 1. The molecule has 2 aliphatic heterocycles. The average molecular weight is 496 g/mol. The molecule has 4 heteroatoms. The van der Waals surface area contributed by atoms with Gasteiger partial charge in [0, 0.05) is 47.5 Å². The lowest BCUT2D eigenvalue weighted by molar-refractivity contribution is -0.437. The van der Waals surface area contributed by atoms with Gasteiger partial charge < -0.3 is 10.0 Å². The van der Waals surface area contributed by atoms with Crippen LogP contribution in [0.2, 0.25) is 0 Å². The Morgan fingerprint density at radius 2 is 1.57 bits per heavy atom. The Bertz CT molecular complexity index is 1400. The summed E-state index contributed by atoms with van der Waals surface area (Å²) in [4.78, 5) is 15.9. The van der Waals surface area contributed by atoms with Gasteiger partial charge in [0.15, 0.2) is 5.71 Å². The van der Waals surface area contributed by atoms with E-state index in [0.29, 0.717) is 11.1 Å². The second kappa shape index (κ2) is 9.16. The molecule has 192 valence electrons. The van der Waals surface area contributed by atoms with Crippen LogP contribution in [0.3, 0.4) is 0 Å². The summed E-state index contributed by atoms with van der Waals surface area (Å²) in [6, 6.07) is 16.9. The number of rotatable bonds is 7. The number of carbonyl (C=O) groups is 1. The second-order valence-corrected chi connectivity index (χ2v) is 11.5. The van der Waals surface area contributed by atoms with E-state index in [0.717, 1.165) is 43.8 Å². The maximum Gasteiger partial charge on any atom is 0.209 e. The van der Waals surface area contributed by atoms with Crippen LogP contribution >= 0.6 is 0 Å². The third kappa shape index (κ3) is 3.80. The topological polar surface area (TPSA) is 43.5 Å². The summed E-state index contributed by atoms with van der Waals surface area (Å²) in [6.45, 7) is 14.9. The van der Waals surface area contributed by atoms with Gasteiger partial charge >= 0.3 is 0 Å². The predicted molar refractivity (Wildman–Crippen MR) is 152 cm³/mol. The first kappa shape index (κ1) is 25.3. The van der Waals surface area contributed by atoms with Crippen molar-refractivity contribution in [2.75, 3.05) is 18.0 Å². The first-order valence-corrected chi connectivity index (χ1v) is 13.7. The Labute approximate surface area is 221 Å². The zero-order valence-corrected chi connectivity index (χ0v) is 23.1. The van der Waals surface area contributed by atoms with Crippen molar-refractivity contribution in [3.05, 3.63) is 94.4 Å². The molecule has 0 atom stereocenters. The molecule has 4 nitrogen and oxygen atoms in total. The predicted octanol–water partition coefficient (Wildman–Crippen LogP) is 7.28. The fourth-order valence-corrected chi connectivity index (χ4v) is 6.21. The van der Waals surface area contributed by atoms with Crippen LogP contribution in [0.1, 0.15) is 71.9 Å². The largest absolute Gasteiger partial charge is 0.506 e. The lowest BCUT2D eigenvalue weighted by atomic mass is 9.77. The summed E-state index contributed by atoms with van der Waals surface area (Å²) in [5.41, 5.74) is 7.37. The standard InChI is InChI=1S/C33H38N2O2/c1-7-9-19-35-27-17-13-11-15-25(27)33(5,6)29(35)21-23-30(36)22(31(23)37)20-28-32(3,4)24-14-10-12-16-26(24)34(28)18-8-2/h10-17,20-21H,7-9,18-19H2,1-6H3/p+1. The number of allylic oxidation sites excluding steroid dienone is 5. The number of nitrogens with zero attached hydrogens (tertiary/aromatic N) is 2. The minimum Gasteiger partial charge on any atom is -0.506 e. The van der Waals surface area contributed by atoms with Gasteiger partial charge in [-0.05, 0) is 38.0 Å². The maximum atomic E-state index is 13.5. The summed E-state index contributed by atoms with van der Waals surface area (Å²) >= 11 is 0. The van der Waals surface area contributed by atoms with Crippen LogP contribution in [0.5, 0.6) is 0 Å². The van der Waals surface area contributed by atoms with Crippen LogP contribution in [0.15, 0.2) is 83.3 Å². The molecular formula is C33H39N2O2+. The Hall–Kier alpha value is -3.40. The van der Waals surface area contributed by atoms with E-state index in [1.165, 1.54) is 22.5 Å². The third-order valence-corrected chi connectivity index (χ3v) is 8.34. The van der Waals surface area contributed by atoms with Gasteiger partial charge in [-0.3, -0.25) is 4.79 Å². The number of unbranched alkanes of at least 4 members (excludes halogenated alkanes) is 1. The molecule has 0 radical (unpaired) electrons. The Morgan fingerprint density at radius 3 is 2.24 bits per heavy atom. The average Bonchev–Trinajstić information content (AvgIpc) is 3.23. The van der Waals surface area contributed by atoms with E-state index in [9.17, 15) is 9.90 Å². The van der Waals surface area contributed by atoms with Crippen molar-refractivity contribution in [1.29, 1.82) is 0 Å². The van der Waals surface area contributed by atoms with Gasteiger partial charge in [-0.25, -0.2) is 0 Å². The summed E-state index contributed by atoms with van der Waals surface area (Å²) in [7, 11) is 0.